The van der Waals surface area contributed by atoms with E-state index >= 15 is 0 Å². The molecule has 1 aromatic carbocycles. The van der Waals surface area contributed by atoms with Crippen molar-refractivity contribution in [3.05, 3.63) is 35.8 Å². The molecule has 1 N–H and O–H groups in total. The van der Waals surface area contributed by atoms with Gasteiger partial charge in [0, 0.05) is 17.7 Å². The molecule has 0 aliphatic rings. The highest BCUT2D eigenvalue weighted by atomic mass is 32.1. The molecule has 3 nitrogen and oxygen atoms in total. The molecule has 0 atom stereocenters. The summed E-state index contributed by atoms with van der Waals surface area (Å²) in [4.78, 5) is 7.91. The Morgan fingerprint density at radius 2 is 2.22 bits per heavy atom. The summed E-state index contributed by atoms with van der Waals surface area (Å²) in [5.74, 6) is 2.67. The molecule has 0 bridgehead atoms. The van der Waals surface area contributed by atoms with Crippen LogP contribution >= 0.6 is 12.6 Å². The molecule has 1 heterocycles. The van der Waals surface area contributed by atoms with Crippen LogP contribution in [0.2, 0.25) is 0 Å². The zero-order valence-electron chi connectivity index (χ0n) is 10.7. The number of ether oxygens (including phenoxy) is 1. The maximum atomic E-state index is 5.51. The van der Waals surface area contributed by atoms with E-state index in [1.807, 2.05) is 32.0 Å². The van der Waals surface area contributed by atoms with Crippen LogP contribution in [-0.4, -0.2) is 22.3 Å². The molecule has 0 radical (unpaired) electrons. The molecule has 2 rings (SSSR count). The molecule has 18 heavy (non-hydrogen) atoms. The van der Waals surface area contributed by atoms with Crippen LogP contribution in [0.1, 0.15) is 18.4 Å². The van der Waals surface area contributed by atoms with E-state index in [9.17, 15) is 0 Å². The van der Waals surface area contributed by atoms with Gasteiger partial charge < -0.3 is 9.72 Å². The molecule has 0 aliphatic carbocycles. The van der Waals surface area contributed by atoms with Gasteiger partial charge in [-0.25, -0.2) is 4.98 Å². The highest BCUT2D eigenvalue weighted by Gasteiger charge is 2.09. The van der Waals surface area contributed by atoms with Gasteiger partial charge in [-0.3, -0.25) is 0 Å². The fraction of sp³-hybridized carbons (Fsp3) is 0.357. The summed E-state index contributed by atoms with van der Waals surface area (Å²) >= 11 is 4.23. The number of aromatic amines is 1. The van der Waals surface area contributed by atoms with E-state index in [-0.39, 0.29) is 0 Å². The van der Waals surface area contributed by atoms with Gasteiger partial charge in [0.1, 0.15) is 11.6 Å². The quantitative estimate of drug-likeness (QED) is 0.812. The van der Waals surface area contributed by atoms with E-state index in [0.29, 0.717) is 6.61 Å². The molecule has 0 unspecified atom stereocenters. The number of aromatic nitrogens is 2. The zero-order chi connectivity index (χ0) is 13.0. The number of imidazole rings is 1. The number of H-pyrrole nitrogens is 1. The van der Waals surface area contributed by atoms with Crippen LogP contribution in [0.3, 0.4) is 0 Å². The second-order valence-electron chi connectivity index (χ2n) is 4.09. The number of benzene rings is 1. The van der Waals surface area contributed by atoms with Gasteiger partial charge in [-0.2, -0.15) is 12.6 Å². The van der Waals surface area contributed by atoms with Crippen LogP contribution in [0.25, 0.3) is 11.3 Å². The first-order valence-corrected chi connectivity index (χ1v) is 6.77. The minimum absolute atomic E-state index is 0.675. The predicted octanol–water partition coefficient (Wildman–Crippen LogP) is 3.26. The Morgan fingerprint density at radius 1 is 1.39 bits per heavy atom. The van der Waals surface area contributed by atoms with Crippen LogP contribution in [0.15, 0.2) is 24.3 Å². The SMILES string of the molecule is CCOc1cccc(-c2nc(CCS)[nH]c2C)c1. The van der Waals surface area contributed by atoms with E-state index in [1.54, 1.807) is 0 Å². The number of nitrogens with zero attached hydrogens (tertiary/aromatic N) is 1. The van der Waals surface area contributed by atoms with E-state index in [2.05, 4.69) is 28.7 Å². The van der Waals surface area contributed by atoms with Crippen LogP contribution in [0.4, 0.5) is 0 Å². The van der Waals surface area contributed by atoms with Crippen molar-refractivity contribution in [1.82, 2.24) is 9.97 Å². The number of rotatable bonds is 5. The molecular weight excluding hydrogens is 244 g/mol. The highest BCUT2D eigenvalue weighted by molar-refractivity contribution is 7.80. The Kier molecular flexibility index (Phi) is 4.31. The Labute approximate surface area is 113 Å². The molecule has 4 heteroatoms. The average molecular weight is 262 g/mol. The Hall–Kier alpha value is -1.42. The Balaban J connectivity index is 2.32. The molecule has 0 aliphatic heterocycles. The fourth-order valence-corrected chi connectivity index (χ4v) is 2.14. The van der Waals surface area contributed by atoms with Crippen molar-refractivity contribution in [3.8, 4) is 17.0 Å². The number of nitrogens with one attached hydrogen (secondary N) is 1. The summed E-state index contributed by atoms with van der Waals surface area (Å²) in [6.45, 7) is 4.70. The summed E-state index contributed by atoms with van der Waals surface area (Å²) < 4.78 is 5.51. The lowest BCUT2D eigenvalue weighted by molar-refractivity contribution is 0.340. The van der Waals surface area contributed by atoms with E-state index in [1.165, 1.54) is 0 Å². The van der Waals surface area contributed by atoms with Crippen molar-refractivity contribution in [3.63, 3.8) is 0 Å². The fourth-order valence-electron chi connectivity index (χ4n) is 1.93. The topological polar surface area (TPSA) is 37.9 Å². The summed E-state index contributed by atoms with van der Waals surface area (Å²) in [5.41, 5.74) is 3.16. The van der Waals surface area contributed by atoms with Crippen molar-refractivity contribution in [1.29, 1.82) is 0 Å². The Morgan fingerprint density at radius 3 is 2.94 bits per heavy atom. The van der Waals surface area contributed by atoms with Crippen molar-refractivity contribution in [2.45, 2.75) is 20.3 Å². The first-order chi connectivity index (χ1) is 8.74. The number of hydrogen-bond donors (Lipinski definition) is 2. The molecule has 0 fully saturated rings. The summed E-state index contributed by atoms with van der Waals surface area (Å²) in [6.07, 6.45) is 0.856. The van der Waals surface area contributed by atoms with Gasteiger partial charge in [-0.05, 0) is 31.7 Å². The molecule has 96 valence electrons. The van der Waals surface area contributed by atoms with Crippen molar-refractivity contribution in [2.75, 3.05) is 12.4 Å². The van der Waals surface area contributed by atoms with Crippen LogP contribution in [0, 0.1) is 6.92 Å². The third-order valence-corrected chi connectivity index (χ3v) is 2.92. The minimum Gasteiger partial charge on any atom is -0.494 e. The van der Waals surface area contributed by atoms with Gasteiger partial charge in [0.05, 0.1) is 12.3 Å². The molecule has 2 aromatic rings. The predicted molar refractivity (Wildman–Crippen MR) is 77.5 cm³/mol. The standard InChI is InChI=1S/C14H18N2OS/c1-3-17-12-6-4-5-11(9-12)14-10(2)15-13(16-14)7-8-18/h4-6,9,18H,3,7-8H2,1-2H3,(H,15,16). The van der Waals surface area contributed by atoms with Gasteiger partial charge >= 0.3 is 0 Å². The van der Waals surface area contributed by atoms with Crippen LogP contribution < -0.4 is 4.74 Å². The third kappa shape index (κ3) is 2.88. The van der Waals surface area contributed by atoms with Gasteiger partial charge in [-0.1, -0.05) is 12.1 Å². The van der Waals surface area contributed by atoms with Crippen molar-refractivity contribution >= 4 is 12.6 Å². The summed E-state index contributed by atoms with van der Waals surface area (Å²) in [6, 6.07) is 8.03. The molecule has 0 saturated carbocycles. The smallest absolute Gasteiger partial charge is 0.119 e. The van der Waals surface area contributed by atoms with Gasteiger partial charge in [0.2, 0.25) is 0 Å². The lowest BCUT2D eigenvalue weighted by Gasteiger charge is -2.04. The molecule has 0 saturated heterocycles. The lowest BCUT2D eigenvalue weighted by Crippen LogP contribution is -1.91. The van der Waals surface area contributed by atoms with Crippen LogP contribution in [0.5, 0.6) is 5.75 Å². The van der Waals surface area contributed by atoms with Gasteiger partial charge in [0.15, 0.2) is 0 Å². The zero-order valence-corrected chi connectivity index (χ0v) is 11.6. The number of hydrogen-bond acceptors (Lipinski definition) is 3. The van der Waals surface area contributed by atoms with E-state index < -0.39 is 0 Å². The van der Waals surface area contributed by atoms with Crippen LogP contribution in [-0.2, 0) is 6.42 Å². The highest BCUT2D eigenvalue weighted by Crippen LogP contribution is 2.25. The van der Waals surface area contributed by atoms with Gasteiger partial charge in [-0.15, -0.1) is 0 Å². The average Bonchev–Trinajstić information content (AvgIpc) is 2.72. The lowest BCUT2D eigenvalue weighted by atomic mass is 10.1. The van der Waals surface area contributed by atoms with E-state index in [0.717, 1.165) is 40.7 Å². The minimum atomic E-state index is 0.675. The maximum absolute atomic E-state index is 5.51. The van der Waals surface area contributed by atoms with Gasteiger partial charge in [0.25, 0.3) is 0 Å². The largest absolute Gasteiger partial charge is 0.494 e. The normalized spacial score (nSPS) is 10.6. The van der Waals surface area contributed by atoms with Crippen molar-refractivity contribution < 1.29 is 4.74 Å². The maximum Gasteiger partial charge on any atom is 0.119 e. The first-order valence-electron chi connectivity index (χ1n) is 6.14. The second kappa shape index (κ2) is 5.96. The molecule has 0 spiro atoms. The van der Waals surface area contributed by atoms with E-state index in [4.69, 9.17) is 4.74 Å². The summed E-state index contributed by atoms with van der Waals surface area (Å²) in [7, 11) is 0. The van der Waals surface area contributed by atoms with Crippen molar-refractivity contribution in [2.24, 2.45) is 0 Å². The number of aryl methyl sites for hydroxylation is 2. The third-order valence-electron chi connectivity index (χ3n) is 2.70. The Bertz CT molecular complexity index is 522. The number of thiol groups is 1. The molecular formula is C14H18N2OS. The first kappa shape index (κ1) is 13.0. The molecule has 0 amide bonds. The molecule has 1 aromatic heterocycles. The second-order valence-corrected chi connectivity index (χ2v) is 4.54. The summed E-state index contributed by atoms with van der Waals surface area (Å²) in [5, 5.41) is 0. The monoisotopic (exact) mass is 262 g/mol.